The monoisotopic (exact) mass is 559 g/mol. The molecule has 0 aliphatic carbocycles. The maximum absolute atomic E-state index is 13.7. The van der Waals surface area contributed by atoms with Crippen molar-refractivity contribution >= 4 is 34.9 Å². The zero-order chi connectivity index (χ0) is 27.9. The highest BCUT2D eigenvalue weighted by molar-refractivity contribution is 8.00. The number of hydrogen-bond acceptors (Lipinski definition) is 6. The number of primary amides is 1. The summed E-state index contributed by atoms with van der Waals surface area (Å²) in [6.07, 6.45) is 0. The average Bonchev–Trinajstić information content (AvgIpc) is 2.98. The second-order valence-corrected chi connectivity index (χ2v) is 10.3. The second kappa shape index (κ2) is 12.8. The van der Waals surface area contributed by atoms with E-state index in [4.69, 9.17) is 5.73 Å². The number of nitrogens with zero attached hydrogens (tertiary/aromatic N) is 2. The van der Waals surface area contributed by atoms with Crippen LogP contribution in [0.5, 0.6) is 0 Å². The predicted octanol–water partition coefficient (Wildman–Crippen LogP) is 6.11. The van der Waals surface area contributed by atoms with Crippen LogP contribution in [-0.4, -0.2) is 42.9 Å². The second-order valence-electron chi connectivity index (χ2n) is 9.56. The minimum absolute atomic E-state index is 0.126. The quantitative estimate of drug-likeness (QED) is 0.124. The zero-order valence-corrected chi connectivity index (χ0v) is 22.7. The summed E-state index contributed by atoms with van der Waals surface area (Å²) in [7, 11) is 0. The van der Waals surface area contributed by atoms with Crippen molar-refractivity contribution in [3.8, 4) is 0 Å². The number of carbonyl (C=O) groups is 1. The van der Waals surface area contributed by atoms with Crippen LogP contribution in [-0.2, 0) is 0 Å². The van der Waals surface area contributed by atoms with Crippen LogP contribution in [0.15, 0.2) is 97.1 Å². The molecule has 0 aromatic heterocycles. The van der Waals surface area contributed by atoms with Crippen LogP contribution >= 0.6 is 11.9 Å². The van der Waals surface area contributed by atoms with Crippen molar-refractivity contribution in [2.24, 2.45) is 5.73 Å². The summed E-state index contributed by atoms with van der Waals surface area (Å²) < 4.78 is 30.7. The molecule has 1 aliphatic heterocycles. The lowest BCUT2D eigenvalue weighted by Crippen LogP contribution is -2.48. The van der Waals surface area contributed by atoms with Crippen LogP contribution in [0, 0.1) is 11.6 Å². The zero-order valence-electron chi connectivity index (χ0n) is 21.9. The van der Waals surface area contributed by atoms with Gasteiger partial charge >= 0.3 is 0 Å². The minimum atomic E-state index is -0.476. The number of benzene rings is 4. The Labute approximate surface area is 237 Å². The van der Waals surface area contributed by atoms with Gasteiger partial charge in [0, 0.05) is 37.4 Å². The number of rotatable bonds is 10. The number of nitrogens with two attached hydrogens (primary N) is 1. The Balaban J connectivity index is 1.30. The Hall–Kier alpha value is -4.08. The van der Waals surface area contributed by atoms with Gasteiger partial charge in [-0.25, -0.2) is 8.78 Å². The molecule has 1 amide bonds. The van der Waals surface area contributed by atoms with E-state index in [1.807, 2.05) is 36.4 Å². The summed E-state index contributed by atoms with van der Waals surface area (Å²) in [6, 6.07) is 28.3. The number of halogens is 2. The highest BCUT2D eigenvalue weighted by Gasteiger charge is 2.27. The van der Waals surface area contributed by atoms with Crippen molar-refractivity contribution in [1.29, 1.82) is 0 Å². The van der Waals surface area contributed by atoms with Gasteiger partial charge in [0.05, 0.1) is 23.3 Å². The Kier molecular flexibility index (Phi) is 8.83. The van der Waals surface area contributed by atoms with Gasteiger partial charge in [0.15, 0.2) is 0 Å². The average molecular weight is 560 g/mol. The standard InChI is InChI=1S/C31H31F2N5OS/c32-25-11-6-22(7-12-25)30(23-8-13-26(33)14-9-23)38-18-16-37(17-19-38)29-15-10-24(31(34)39)20-28(29)35-21-40-36-27-4-2-1-3-5-27/h1-15,20,30,35-36H,16-19,21H2,(H2,34,39). The predicted molar refractivity (Wildman–Crippen MR) is 160 cm³/mol. The van der Waals surface area contributed by atoms with Gasteiger partial charge in [-0.15, -0.1) is 0 Å². The van der Waals surface area contributed by atoms with Gasteiger partial charge < -0.3 is 20.7 Å². The summed E-state index contributed by atoms with van der Waals surface area (Å²) in [4.78, 5) is 16.5. The largest absolute Gasteiger partial charge is 0.373 e. The van der Waals surface area contributed by atoms with Gasteiger partial charge in [0.2, 0.25) is 5.91 Å². The number of anilines is 3. The van der Waals surface area contributed by atoms with Crippen molar-refractivity contribution in [2.75, 3.05) is 47.0 Å². The first-order chi connectivity index (χ1) is 19.5. The molecule has 0 spiro atoms. The topological polar surface area (TPSA) is 73.6 Å². The molecule has 0 unspecified atom stereocenters. The Morgan fingerprint density at radius 1 is 0.825 bits per heavy atom. The van der Waals surface area contributed by atoms with Crippen molar-refractivity contribution in [2.45, 2.75) is 6.04 Å². The lowest BCUT2D eigenvalue weighted by molar-refractivity contribution is 0.100. The van der Waals surface area contributed by atoms with Gasteiger partial charge in [-0.2, -0.15) is 0 Å². The summed E-state index contributed by atoms with van der Waals surface area (Å²) in [5.74, 6) is -0.483. The van der Waals surface area contributed by atoms with Gasteiger partial charge in [-0.05, 0) is 77.7 Å². The fourth-order valence-electron chi connectivity index (χ4n) is 4.97. The van der Waals surface area contributed by atoms with Gasteiger partial charge in [0.1, 0.15) is 11.6 Å². The molecule has 4 N–H and O–H groups in total. The Morgan fingerprint density at radius 3 is 2.00 bits per heavy atom. The molecule has 5 rings (SSSR count). The summed E-state index contributed by atoms with van der Waals surface area (Å²) in [5.41, 5.74) is 10.8. The Bertz CT molecular complexity index is 1370. The smallest absolute Gasteiger partial charge is 0.248 e. The number of hydrogen-bond donors (Lipinski definition) is 3. The fourth-order valence-corrected chi connectivity index (χ4v) is 5.57. The molecule has 1 fully saturated rings. The van der Waals surface area contributed by atoms with Crippen molar-refractivity contribution < 1.29 is 13.6 Å². The molecule has 206 valence electrons. The lowest BCUT2D eigenvalue weighted by Gasteiger charge is -2.41. The van der Waals surface area contributed by atoms with E-state index in [9.17, 15) is 13.6 Å². The maximum Gasteiger partial charge on any atom is 0.248 e. The van der Waals surface area contributed by atoms with E-state index in [-0.39, 0.29) is 17.7 Å². The molecule has 4 aromatic carbocycles. The first-order valence-corrected chi connectivity index (χ1v) is 14.1. The van der Waals surface area contributed by atoms with Crippen LogP contribution in [0.3, 0.4) is 0 Å². The third kappa shape index (κ3) is 6.73. The molecule has 6 nitrogen and oxygen atoms in total. The van der Waals surface area contributed by atoms with E-state index in [1.54, 1.807) is 36.4 Å². The summed E-state index contributed by atoms with van der Waals surface area (Å²) in [5, 5.41) is 3.44. The van der Waals surface area contributed by atoms with Crippen molar-refractivity contribution in [3.05, 3.63) is 125 Å². The molecular weight excluding hydrogens is 528 g/mol. The summed E-state index contributed by atoms with van der Waals surface area (Å²) in [6.45, 7) is 2.94. The van der Waals surface area contributed by atoms with Crippen LogP contribution in [0.4, 0.5) is 25.8 Å². The Morgan fingerprint density at radius 2 is 1.43 bits per heavy atom. The number of carbonyl (C=O) groups excluding carboxylic acids is 1. The van der Waals surface area contributed by atoms with E-state index in [0.717, 1.165) is 54.4 Å². The third-order valence-electron chi connectivity index (χ3n) is 6.97. The van der Waals surface area contributed by atoms with Gasteiger partial charge in [-0.1, -0.05) is 42.5 Å². The number of para-hydroxylation sites is 1. The SMILES string of the molecule is NC(=O)c1ccc(N2CCN(C(c3ccc(F)cc3)c3ccc(F)cc3)CC2)c(NCSNc2ccccc2)c1. The summed E-state index contributed by atoms with van der Waals surface area (Å²) >= 11 is 1.51. The molecule has 1 heterocycles. The van der Waals surface area contributed by atoms with E-state index in [1.165, 1.54) is 36.2 Å². The van der Waals surface area contributed by atoms with E-state index in [0.29, 0.717) is 11.4 Å². The molecule has 9 heteroatoms. The minimum Gasteiger partial charge on any atom is -0.373 e. The highest BCUT2D eigenvalue weighted by atomic mass is 32.2. The van der Waals surface area contributed by atoms with Gasteiger partial charge in [0.25, 0.3) is 0 Å². The van der Waals surface area contributed by atoms with Crippen LogP contribution in [0.1, 0.15) is 27.5 Å². The van der Waals surface area contributed by atoms with Crippen LogP contribution < -0.4 is 20.7 Å². The lowest BCUT2D eigenvalue weighted by atomic mass is 9.96. The van der Waals surface area contributed by atoms with E-state index < -0.39 is 5.91 Å². The molecule has 40 heavy (non-hydrogen) atoms. The van der Waals surface area contributed by atoms with Crippen molar-refractivity contribution in [3.63, 3.8) is 0 Å². The molecule has 0 saturated carbocycles. The molecule has 0 radical (unpaired) electrons. The van der Waals surface area contributed by atoms with Crippen LogP contribution in [0.25, 0.3) is 0 Å². The van der Waals surface area contributed by atoms with Gasteiger partial charge in [-0.3, -0.25) is 9.69 Å². The number of amides is 1. The number of piperazine rings is 1. The number of nitrogens with one attached hydrogen (secondary N) is 2. The molecular formula is C31H31F2N5OS. The van der Waals surface area contributed by atoms with E-state index >= 15 is 0 Å². The first-order valence-electron chi connectivity index (χ1n) is 13.1. The molecule has 1 aliphatic rings. The highest BCUT2D eigenvalue weighted by Crippen LogP contribution is 2.33. The first kappa shape index (κ1) is 27.5. The van der Waals surface area contributed by atoms with E-state index in [2.05, 4.69) is 19.8 Å². The molecule has 4 aromatic rings. The fraction of sp³-hybridized carbons (Fsp3) is 0.194. The van der Waals surface area contributed by atoms with Crippen molar-refractivity contribution in [1.82, 2.24) is 4.90 Å². The van der Waals surface area contributed by atoms with Crippen LogP contribution in [0.2, 0.25) is 0 Å². The normalized spacial score (nSPS) is 13.8. The molecule has 0 bridgehead atoms. The molecule has 1 saturated heterocycles. The maximum atomic E-state index is 13.7. The molecule has 0 atom stereocenters. The third-order valence-corrected chi connectivity index (χ3v) is 7.64.